The summed E-state index contributed by atoms with van der Waals surface area (Å²) in [5.41, 5.74) is 0.985. The Hall–Kier alpha value is -0.258. The number of carboxylic acid groups (broad SMARTS) is 1. The summed E-state index contributed by atoms with van der Waals surface area (Å²) in [4.78, 5) is 10.5. The van der Waals surface area contributed by atoms with Gasteiger partial charge in [0.1, 0.15) is 0 Å². The van der Waals surface area contributed by atoms with Crippen molar-refractivity contribution in [2.45, 2.75) is 92.4 Å². The molecule has 0 fully saturated rings. The molecule has 2 nitrogen and oxygen atoms in total. The molecule has 0 aromatic heterocycles. The number of rotatable bonds is 13. The van der Waals surface area contributed by atoms with E-state index in [9.17, 15) is 4.79 Å². The molecule has 0 aliphatic heterocycles. The molecular formula is C20H38CrO2. The van der Waals surface area contributed by atoms with E-state index < -0.39 is 5.97 Å². The predicted molar refractivity (Wildman–Crippen MR) is 96.1 cm³/mol. The minimum atomic E-state index is -0.822. The Balaban J connectivity index is 0. The Labute approximate surface area is 155 Å². The van der Waals surface area contributed by atoms with Crippen molar-refractivity contribution < 1.29 is 27.3 Å². The van der Waals surface area contributed by atoms with Crippen LogP contribution in [0.15, 0.2) is 11.6 Å². The fraction of sp³-hybridized carbons (Fsp3) is 0.850. The van der Waals surface area contributed by atoms with Crippen LogP contribution in [0.3, 0.4) is 0 Å². The predicted octanol–water partition coefficient (Wildman–Crippen LogP) is 6.45. The van der Waals surface area contributed by atoms with Crippen molar-refractivity contribution in [1.82, 2.24) is 0 Å². The summed E-state index contributed by atoms with van der Waals surface area (Å²) in [6, 6.07) is 0. The molecule has 0 saturated carbocycles. The van der Waals surface area contributed by atoms with Crippen molar-refractivity contribution in [2.75, 3.05) is 0 Å². The second-order valence-electron chi connectivity index (χ2n) is 7.69. The van der Waals surface area contributed by atoms with Gasteiger partial charge in [-0.05, 0) is 37.5 Å². The van der Waals surface area contributed by atoms with Gasteiger partial charge >= 0.3 is 5.97 Å². The van der Waals surface area contributed by atoms with Crippen LogP contribution >= 0.6 is 0 Å². The van der Waals surface area contributed by atoms with Crippen LogP contribution in [0.2, 0.25) is 0 Å². The summed E-state index contributed by atoms with van der Waals surface area (Å²) >= 11 is 0. The zero-order valence-electron chi connectivity index (χ0n) is 15.9. The minimum Gasteiger partial charge on any atom is -0.478 e. The van der Waals surface area contributed by atoms with E-state index in [2.05, 4.69) is 27.7 Å². The smallest absolute Gasteiger partial charge is 0.328 e. The normalized spacial score (nSPS) is 14.4. The van der Waals surface area contributed by atoms with Crippen LogP contribution in [0, 0.1) is 17.8 Å². The van der Waals surface area contributed by atoms with Gasteiger partial charge in [-0.1, -0.05) is 78.2 Å². The third-order valence-corrected chi connectivity index (χ3v) is 4.51. The van der Waals surface area contributed by atoms with E-state index in [1.807, 2.05) is 6.92 Å². The van der Waals surface area contributed by atoms with Gasteiger partial charge in [0.15, 0.2) is 0 Å². The number of aliphatic carboxylic acids is 1. The largest absolute Gasteiger partial charge is 0.478 e. The van der Waals surface area contributed by atoms with Crippen molar-refractivity contribution in [2.24, 2.45) is 17.8 Å². The van der Waals surface area contributed by atoms with Crippen molar-refractivity contribution in [1.29, 1.82) is 0 Å². The zero-order chi connectivity index (χ0) is 17.0. The van der Waals surface area contributed by atoms with Crippen LogP contribution in [-0.4, -0.2) is 11.1 Å². The first kappa shape index (κ1) is 25.0. The molecule has 0 heterocycles. The summed E-state index contributed by atoms with van der Waals surface area (Å²) < 4.78 is 0. The van der Waals surface area contributed by atoms with E-state index in [0.29, 0.717) is 0 Å². The molecule has 0 radical (unpaired) electrons. The van der Waals surface area contributed by atoms with Gasteiger partial charge in [0.05, 0.1) is 0 Å². The summed E-state index contributed by atoms with van der Waals surface area (Å²) in [5.74, 6) is 1.65. The van der Waals surface area contributed by atoms with E-state index in [-0.39, 0.29) is 17.4 Å². The summed E-state index contributed by atoms with van der Waals surface area (Å²) in [6.45, 7) is 11.3. The molecule has 23 heavy (non-hydrogen) atoms. The number of hydrogen-bond acceptors (Lipinski definition) is 1. The number of allylic oxidation sites excluding steroid dienone is 1. The maximum atomic E-state index is 10.5. The molecule has 0 amide bonds. The molecule has 0 saturated heterocycles. The van der Waals surface area contributed by atoms with Crippen LogP contribution < -0.4 is 0 Å². The van der Waals surface area contributed by atoms with Crippen molar-refractivity contribution in [3.8, 4) is 0 Å². The second-order valence-corrected chi connectivity index (χ2v) is 7.69. The molecule has 136 valence electrons. The number of carbonyl (C=O) groups is 1. The molecule has 3 heteroatoms. The fourth-order valence-corrected chi connectivity index (χ4v) is 2.99. The third-order valence-electron chi connectivity index (χ3n) is 4.51. The monoisotopic (exact) mass is 362 g/mol. The first-order valence-electron chi connectivity index (χ1n) is 9.21. The minimum absolute atomic E-state index is 0. The molecule has 1 N–H and O–H groups in total. The van der Waals surface area contributed by atoms with Gasteiger partial charge in [0.2, 0.25) is 0 Å². The number of carboxylic acids is 1. The Morgan fingerprint density at radius 2 is 1.30 bits per heavy atom. The van der Waals surface area contributed by atoms with Gasteiger partial charge in [0, 0.05) is 23.4 Å². The SMILES string of the molecule is C/C(=C\C(=O)O)CCC[C@H](C)CCC[C@H](C)CCCC(C)C.[Cr]. The molecule has 2 atom stereocenters. The standard InChI is InChI=1S/C20H38O2.Cr/c1-16(2)9-6-10-17(3)11-7-12-18(4)13-8-14-19(5)15-20(21)22;/h15-18H,6-14H2,1-5H3,(H,21,22);/b19-15+;/t17-,18-;/m1./s1. The molecule has 0 aliphatic rings. The van der Waals surface area contributed by atoms with E-state index in [1.165, 1.54) is 51.0 Å². The second kappa shape index (κ2) is 15.3. The molecule has 0 aromatic rings. The van der Waals surface area contributed by atoms with Gasteiger partial charge in [0.25, 0.3) is 0 Å². The van der Waals surface area contributed by atoms with E-state index in [1.54, 1.807) is 0 Å². The Bertz CT molecular complexity index is 324. The van der Waals surface area contributed by atoms with Gasteiger partial charge in [-0.3, -0.25) is 0 Å². The number of hydrogen-bond donors (Lipinski definition) is 1. The third kappa shape index (κ3) is 17.9. The molecule has 0 aliphatic carbocycles. The summed E-state index contributed by atoms with van der Waals surface area (Å²) in [6.07, 6.45) is 12.7. The van der Waals surface area contributed by atoms with Gasteiger partial charge < -0.3 is 5.11 Å². The molecule has 0 unspecified atom stereocenters. The molecule has 0 bridgehead atoms. The van der Waals surface area contributed by atoms with Crippen LogP contribution in [0.4, 0.5) is 0 Å². The molecule has 0 rings (SSSR count). The van der Waals surface area contributed by atoms with Crippen LogP contribution in [0.25, 0.3) is 0 Å². The first-order valence-corrected chi connectivity index (χ1v) is 9.21. The van der Waals surface area contributed by atoms with Crippen LogP contribution in [0.5, 0.6) is 0 Å². The van der Waals surface area contributed by atoms with Crippen LogP contribution in [-0.2, 0) is 22.2 Å². The van der Waals surface area contributed by atoms with Crippen molar-refractivity contribution >= 4 is 5.97 Å². The molecular weight excluding hydrogens is 324 g/mol. The molecule has 0 spiro atoms. The van der Waals surface area contributed by atoms with Gasteiger partial charge in [-0.15, -0.1) is 0 Å². The van der Waals surface area contributed by atoms with Crippen molar-refractivity contribution in [3.63, 3.8) is 0 Å². The fourth-order valence-electron chi connectivity index (χ4n) is 2.99. The van der Waals surface area contributed by atoms with Gasteiger partial charge in [-0.25, -0.2) is 4.79 Å². The maximum Gasteiger partial charge on any atom is 0.328 e. The van der Waals surface area contributed by atoms with Crippen LogP contribution in [0.1, 0.15) is 92.4 Å². The van der Waals surface area contributed by atoms with E-state index >= 15 is 0 Å². The molecule has 0 aromatic carbocycles. The first-order chi connectivity index (χ1) is 10.3. The maximum absolute atomic E-state index is 10.5. The Kier molecular flexibility index (Phi) is 16.6. The summed E-state index contributed by atoms with van der Waals surface area (Å²) in [5, 5.41) is 8.68. The quantitative estimate of drug-likeness (QED) is 0.382. The average Bonchev–Trinajstić information content (AvgIpc) is 2.37. The van der Waals surface area contributed by atoms with Crippen molar-refractivity contribution in [3.05, 3.63) is 11.6 Å². The average molecular weight is 363 g/mol. The Morgan fingerprint density at radius 3 is 1.74 bits per heavy atom. The topological polar surface area (TPSA) is 37.3 Å². The van der Waals surface area contributed by atoms with E-state index in [0.717, 1.165) is 36.2 Å². The van der Waals surface area contributed by atoms with Gasteiger partial charge in [-0.2, -0.15) is 0 Å². The van der Waals surface area contributed by atoms with E-state index in [4.69, 9.17) is 5.11 Å². The zero-order valence-corrected chi connectivity index (χ0v) is 17.2. The summed E-state index contributed by atoms with van der Waals surface area (Å²) in [7, 11) is 0. The Morgan fingerprint density at radius 1 is 0.870 bits per heavy atom.